The van der Waals surface area contributed by atoms with E-state index in [9.17, 15) is 58.8 Å². The zero-order valence-corrected chi connectivity index (χ0v) is 41.0. The lowest BCUT2D eigenvalue weighted by molar-refractivity contribution is -0.184. The molecule has 0 heterocycles. The van der Waals surface area contributed by atoms with Gasteiger partial charge in [-0.3, -0.25) is 38.4 Å². The van der Waals surface area contributed by atoms with E-state index in [4.69, 9.17) is 33.2 Å². The smallest absolute Gasteiger partial charge is 0.309 e. The van der Waals surface area contributed by atoms with Gasteiger partial charge in [0.05, 0.1) is 61.2 Å². The van der Waals surface area contributed by atoms with E-state index >= 15 is 0 Å². The van der Waals surface area contributed by atoms with Crippen molar-refractivity contribution in [2.45, 2.75) is 118 Å². The zero-order chi connectivity index (χ0) is 50.7. The number of ketones is 1. The SMILES string of the molecule is CC1CCC(C(=O)OCC(COC(=O)C2CCC(C)CC2C(=O)OCCO)(COC(=O)C2CCC(C)CC2C(=O)OCCO)COC(=O)C2CCC(C)CC2C(=O)OCCO)C(C(=O)CCCO)C1. The number of esters is 7. The fourth-order valence-corrected chi connectivity index (χ4v) is 10.6. The van der Waals surface area contributed by atoms with Gasteiger partial charge in [-0.25, -0.2) is 0 Å². The number of ether oxygens (including phenoxy) is 7. The maximum Gasteiger partial charge on any atom is 0.309 e. The fraction of sp³-hybridized carbons (Fsp3) is 0.840. The van der Waals surface area contributed by atoms with Crippen LogP contribution in [0.4, 0.5) is 0 Å². The highest BCUT2D eigenvalue weighted by Gasteiger charge is 2.48. The molecular formula is C50H78O19. The standard InChI is InChI=1S/C50H78O19/c1-30-7-11-34(38(22-30)42(55)6-5-15-51)43(56)66-26-50(27-67-44(57)35-12-8-31(2)23-39(35)47(60)63-19-16-52,28-68-45(58)36-13-9-32(3)24-40(36)48(61)64-20-17-53)29-69-46(59)37-14-10-33(4)25-41(37)49(62)65-21-18-54/h30-41,51-54H,5-29H2,1-4H3. The molecule has 392 valence electrons. The Morgan fingerprint density at radius 1 is 0.362 bits per heavy atom. The molecule has 0 radical (unpaired) electrons. The third-order valence-electron chi connectivity index (χ3n) is 14.7. The Kier molecular flexibility index (Phi) is 23.8. The Morgan fingerprint density at radius 3 is 0.899 bits per heavy atom. The first-order chi connectivity index (χ1) is 33.0. The third kappa shape index (κ3) is 17.0. The number of Topliss-reactive ketones (excluding diaryl/α,β-unsaturated/α-hetero) is 1. The Hall–Kier alpha value is -4.20. The highest BCUT2D eigenvalue weighted by atomic mass is 16.6. The fourth-order valence-electron chi connectivity index (χ4n) is 10.6. The highest BCUT2D eigenvalue weighted by Crippen LogP contribution is 2.41. The van der Waals surface area contributed by atoms with Gasteiger partial charge in [-0.1, -0.05) is 27.7 Å². The van der Waals surface area contributed by atoms with Crippen LogP contribution in [-0.2, 0) is 71.5 Å². The van der Waals surface area contributed by atoms with Gasteiger partial charge >= 0.3 is 41.8 Å². The molecule has 4 N–H and O–H groups in total. The normalized spacial score (nSPS) is 30.1. The summed E-state index contributed by atoms with van der Waals surface area (Å²) in [5, 5.41) is 37.4. The van der Waals surface area contributed by atoms with Crippen LogP contribution >= 0.6 is 0 Å². The minimum absolute atomic E-state index is 0.0558. The summed E-state index contributed by atoms with van der Waals surface area (Å²) in [7, 11) is 0. The first-order valence-electron chi connectivity index (χ1n) is 25.1. The average Bonchev–Trinajstić information content (AvgIpc) is 3.34. The molecule has 69 heavy (non-hydrogen) atoms. The lowest BCUT2D eigenvalue weighted by atomic mass is 9.72. The van der Waals surface area contributed by atoms with Crippen molar-refractivity contribution >= 4 is 47.6 Å². The monoisotopic (exact) mass is 983 g/mol. The van der Waals surface area contributed by atoms with Gasteiger partial charge in [-0.05, 0) is 107 Å². The van der Waals surface area contributed by atoms with Gasteiger partial charge in [-0.15, -0.1) is 0 Å². The first kappa shape index (κ1) is 57.4. The molecule has 0 bridgehead atoms. The Morgan fingerprint density at radius 2 is 0.623 bits per heavy atom. The predicted octanol–water partition coefficient (Wildman–Crippen LogP) is 3.30. The molecule has 4 fully saturated rings. The molecule has 4 aliphatic carbocycles. The number of hydrogen-bond acceptors (Lipinski definition) is 19. The number of hydrogen-bond donors (Lipinski definition) is 4. The third-order valence-corrected chi connectivity index (χ3v) is 14.7. The molecule has 0 aromatic heterocycles. The van der Waals surface area contributed by atoms with Crippen molar-refractivity contribution in [1.29, 1.82) is 0 Å². The van der Waals surface area contributed by atoms with Crippen LogP contribution in [0.3, 0.4) is 0 Å². The highest BCUT2D eigenvalue weighted by molar-refractivity contribution is 5.87. The number of aliphatic hydroxyl groups is 4. The van der Waals surface area contributed by atoms with Gasteiger partial charge in [-0.2, -0.15) is 0 Å². The first-order valence-corrected chi connectivity index (χ1v) is 25.1. The molecule has 4 saturated carbocycles. The van der Waals surface area contributed by atoms with Crippen LogP contribution in [0.25, 0.3) is 0 Å². The molecule has 0 spiro atoms. The molecule has 12 atom stereocenters. The summed E-state index contributed by atoms with van der Waals surface area (Å²) in [6.45, 7) is 2.77. The maximum absolute atomic E-state index is 14.2. The summed E-state index contributed by atoms with van der Waals surface area (Å²) in [4.78, 5) is 110. The van der Waals surface area contributed by atoms with E-state index in [2.05, 4.69) is 0 Å². The average molecular weight is 983 g/mol. The van der Waals surface area contributed by atoms with Gasteiger partial charge in [0.2, 0.25) is 0 Å². The number of carbonyl (C=O) groups is 8. The minimum Gasteiger partial charge on any atom is -0.464 e. The Balaban J connectivity index is 1.73. The van der Waals surface area contributed by atoms with Gasteiger partial charge < -0.3 is 53.6 Å². The molecule has 19 heteroatoms. The van der Waals surface area contributed by atoms with Crippen LogP contribution in [0.2, 0.25) is 0 Å². The molecule has 0 saturated heterocycles. The summed E-state index contributed by atoms with van der Waals surface area (Å²) in [6.07, 6.45) is 4.97. The van der Waals surface area contributed by atoms with E-state index in [1.807, 2.05) is 27.7 Å². The van der Waals surface area contributed by atoms with E-state index in [0.717, 1.165) is 0 Å². The van der Waals surface area contributed by atoms with Crippen LogP contribution in [0.15, 0.2) is 0 Å². The zero-order valence-electron chi connectivity index (χ0n) is 41.0. The second kappa shape index (κ2) is 28.6. The van der Waals surface area contributed by atoms with E-state index < -0.39 is 141 Å². The Labute approximate surface area is 405 Å². The molecule has 0 aromatic carbocycles. The molecule has 0 aliphatic heterocycles. The van der Waals surface area contributed by atoms with Crippen molar-refractivity contribution < 1.29 is 91.9 Å². The van der Waals surface area contributed by atoms with Crippen LogP contribution in [-0.4, -0.2) is 141 Å². The van der Waals surface area contributed by atoms with Crippen LogP contribution < -0.4 is 0 Å². The maximum atomic E-state index is 14.2. The predicted molar refractivity (Wildman–Crippen MR) is 242 cm³/mol. The molecule has 0 amide bonds. The molecule has 19 nitrogen and oxygen atoms in total. The molecular weight excluding hydrogens is 905 g/mol. The van der Waals surface area contributed by atoms with Gasteiger partial charge in [0.25, 0.3) is 0 Å². The van der Waals surface area contributed by atoms with Crippen molar-refractivity contribution in [2.24, 2.45) is 76.4 Å². The topological polar surface area (TPSA) is 282 Å². The molecule has 4 aliphatic rings. The summed E-state index contributed by atoms with van der Waals surface area (Å²) >= 11 is 0. The lowest BCUT2D eigenvalue weighted by Crippen LogP contribution is -2.48. The van der Waals surface area contributed by atoms with Crippen molar-refractivity contribution in [1.82, 2.24) is 0 Å². The summed E-state index contributed by atoms with van der Waals surface area (Å²) in [6, 6.07) is 0. The minimum atomic E-state index is -1.84. The van der Waals surface area contributed by atoms with Gasteiger partial charge in [0, 0.05) is 18.9 Å². The number of aliphatic hydroxyl groups excluding tert-OH is 4. The van der Waals surface area contributed by atoms with Crippen LogP contribution in [0, 0.1) is 76.4 Å². The van der Waals surface area contributed by atoms with E-state index in [1.165, 1.54) is 0 Å². The van der Waals surface area contributed by atoms with Gasteiger partial charge in [0.1, 0.15) is 57.4 Å². The van der Waals surface area contributed by atoms with E-state index in [-0.39, 0.29) is 88.0 Å². The number of carbonyl (C=O) groups excluding carboxylic acids is 8. The quantitative estimate of drug-likeness (QED) is 0.0754. The van der Waals surface area contributed by atoms with Crippen molar-refractivity contribution in [2.75, 3.05) is 72.7 Å². The van der Waals surface area contributed by atoms with Crippen LogP contribution in [0.5, 0.6) is 0 Å². The van der Waals surface area contributed by atoms with Gasteiger partial charge in [0.15, 0.2) is 0 Å². The summed E-state index contributed by atoms with van der Waals surface area (Å²) < 4.78 is 39.8. The van der Waals surface area contributed by atoms with E-state index in [0.29, 0.717) is 57.8 Å². The van der Waals surface area contributed by atoms with Crippen molar-refractivity contribution in [3.8, 4) is 0 Å². The molecule has 4 rings (SSSR count). The molecule has 0 aromatic rings. The van der Waals surface area contributed by atoms with E-state index in [1.54, 1.807) is 0 Å². The largest absolute Gasteiger partial charge is 0.464 e. The van der Waals surface area contributed by atoms with Crippen molar-refractivity contribution in [3.63, 3.8) is 0 Å². The summed E-state index contributed by atoms with van der Waals surface area (Å²) in [5.74, 6) is -12.5. The van der Waals surface area contributed by atoms with Crippen molar-refractivity contribution in [3.05, 3.63) is 0 Å². The second-order valence-corrected chi connectivity index (χ2v) is 20.4. The lowest BCUT2D eigenvalue weighted by Gasteiger charge is -2.37. The number of rotatable bonds is 25. The Bertz CT molecular complexity index is 1470. The molecule has 12 unspecified atom stereocenters. The van der Waals surface area contributed by atoms with Crippen LogP contribution in [0.1, 0.15) is 118 Å². The second-order valence-electron chi connectivity index (χ2n) is 20.4. The summed E-state index contributed by atoms with van der Waals surface area (Å²) in [5.41, 5.74) is -1.84.